The second-order valence-corrected chi connectivity index (χ2v) is 6.63. The molecule has 0 aromatic heterocycles. The molecule has 0 saturated carbocycles. The van der Waals surface area contributed by atoms with Gasteiger partial charge in [-0.15, -0.1) is 0 Å². The number of hydrogen-bond donors (Lipinski definition) is 1. The van der Waals surface area contributed by atoms with Crippen molar-refractivity contribution in [3.8, 4) is 5.75 Å². The summed E-state index contributed by atoms with van der Waals surface area (Å²) in [6.45, 7) is -0.196. The van der Waals surface area contributed by atoms with Gasteiger partial charge in [0.15, 0.2) is 12.4 Å². The minimum Gasteiger partial charge on any atom is -0.485 e. The van der Waals surface area contributed by atoms with E-state index in [1.54, 1.807) is 24.3 Å². The third-order valence-corrected chi connectivity index (χ3v) is 4.61. The molecule has 0 unspecified atom stereocenters. The van der Waals surface area contributed by atoms with Gasteiger partial charge >= 0.3 is 0 Å². The van der Waals surface area contributed by atoms with Crippen molar-refractivity contribution in [3.05, 3.63) is 65.5 Å². The Labute approximate surface area is 147 Å². The fourth-order valence-electron chi connectivity index (χ4n) is 2.36. The van der Waals surface area contributed by atoms with E-state index in [-0.39, 0.29) is 29.1 Å². The van der Waals surface area contributed by atoms with E-state index in [1.165, 1.54) is 24.3 Å². The number of imide groups is 1. The molecule has 25 heavy (non-hydrogen) atoms. The molecule has 1 aliphatic heterocycles. The predicted molar refractivity (Wildman–Crippen MR) is 91.3 cm³/mol. The summed E-state index contributed by atoms with van der Waals surface area (Å²) in [5.41, 5.74) is 1.14. The highest BCUT2D eigenvalue weighted by atomic mass is 32.2. The molecule has 1 atom stereocenters. The third-order valence-electron chi connectivity index (χ3n) is 3.63. The van der Waals surface area contributed by atoms with Crippen LogP contribution in [0, 0.1) is 5.82 Å². The van der Waals surface area contributed by atoms with Gasteiger partial charge in [0.05, 0.1) is 5.25 Å². The highest BCUT2D eigenvalue weighted by Gasteiger charge is 2.31. The molecule has 0 bridgehead atoms. The molecule has 1 saturated heterocycles. The highest BCUT2D eigenvalue weighted by Crippen LogP contribution is 2.23. The van der Waals surface area contributed by atoms with Gasteiger partial charge in [-0.25, -0.2) is 4.39 Å². The molecule has 1 aliphatic rings. The van der Waals surface area contributed by atoms with Crippen LogP contribution in [0.4, 0.5) is 9.18 Å². The number of thioether (sulfide) groups is 1. The van der Waals surface area contributed by atoms with Crippen molar-refractivity contribution >= 4 is 28.7 Å². The maximum absolute atomic E-state index is 13.1. The molecule has 0 spiro atoms. The van der Waals surface area contributed by atoms with Gasteiger partial charge in [-0.1, -0.05) is 36.0 Å². The maximum atomic E-state index is 13.1. The lowest BCUT2D eigenvalue weighted by Gasteiger charge is -2.08. The normalized spacial score (nSPS) is 16.6. The summed E-state index contributed by atoms with van der Waals surface area (Å²) in [5.74, 6) is -0.576. The Morgan fingerprint density at radius 3 is 2.56 bits per heavy atom. The molecule has 0 radical (unpaired) electrons. The van der Waals surface area contributed by atoms with E-state index in [0.29, 0.717) is 12.2 Å². The Kier molecular flexibility index (Phi) is 5.14. The summed E-state index contributed by atoms with van der Waals surface area (Å²) < 4.78 is 18.5. The molecule has 1 N–H and O–H groups in total. The Morgan fingerprint density at radius 2 is 1.92 bits per heavy atom. The van der Waals surface area contributed by atoms with E-state index >= 15 is 0 Å². The van der Waals surface area contributed by atoms with Crippen molar-refractivity contribution in [2.24, 2.45) is 0 Å². The number of rotatable bonds is 6. The first kappa shape index (κ1) is 17.2. The molecule has 128 valence electrons. The molecule has 2 aromatic carbocycles. The first-order valence-electron chi connectivity index (χ1n) is 7.53. The predicted octanol–water partition coefficient (Wildman–Crippen LogP) is 2.98. The molecular weight excluding hydrogens is 345 g/mol. The van der Waals surface area contributed by atoms with Crippen LogP contribution in [0.2, 0.25) is 0 Å². The summed E-state index contributed by atoms with van der Waals surface area (Å²) in [7, 11) is 0. The lowest BCUT2D eigenvalue weighted by molar-refractivity contribution is -0.118. The first-order valence-corrected chi connectivity index (χ1v) is 8.41. The van der Waals surface area contributed by atoms with Crippen LogP contribution in [0.15, 0.2) is 48.5 Å². The van der Waals surface area contributed by atoms with E-state index in [4.69, 9.17) is 4.74 Å². The number of hydrogen-bond acceptors (Lipinski definition) is 5. The fraction of sp³-hybridized carbons (Fsp3) is 0.167. The van der Waals surface area contributed by atoms with Gasteiger partial charge in [0.1, 0.15) is 11.6 Å². The summed E-state index contributed by atoms with van der Waals surface area (Å²) in [6.07, 6.45) is 0.435. The molecule has 3 rings (SSSR count). The largest absolute Gasteiger partial charge is 0.485 e. The van der Waals surface area contributed by atoms with E-state index in [1.807, 2.05) is 0 Å². The number of ether oxygens (including phenoxy) is 1. The Hall–Kier alpha value is -2.67. The summed E-state index contributed by atoms with van der Waals surface area (Å²) in [5, 5.41) is 1.50. The minimum atomic E-state index is -0.470. The lowest BCUT2D eigenvalue weighted by atomic mass is 10.1. The minimum absolute atomic E-state index is 0.196. The third kappa shape index (κ3) is 4.45. The van der Waals surface area contributed by atoms with E-state index in [2.05, 4.69) is 5.32 Å². The molecule has 7 heteroatoms. The topological polar surface area (TPSA) is 72.5 Å². The van der Waals surface area contributed by atoms with Crippen molar-refractivity contribution in [1.82, 2.24) is 5.32 Å². The van der Waals surface area contributed by atoms with Crippen LogP contribution in [0.25, 0.3) is 0 Å². The van der Waals surface area contributed by atoms with Gasteiger partial charge in [0.25, 0.3) is 5.24 Å². The number of carbonyl (C=O) groups is 3. The summed E-state index contributed by atoms with van der Waals surface area (Å²) in [4.78, 5) is 34.7. The molecule has 5 nitrogen and oxygen atoms in total. The lowest BCUT2D eigenvalue weighted by Crippen LogP contribution is -2.25. The van der Waals surface area contributed by atoms with Crippen LogP contribution in [0.1, 0.15) is 15.9 Å². The van der Waals surface area contributed by atoms with E-state index in [0.717, 1.165) is 17.3 Å². The van der Waals surface area contributed by atoms with E-state index < -0.39 is 11.1 Å². The summed E-state index contributed by atoms with van der Waals surface area (Å²) in [6, 6.07) is 12.4. The Morgan fingerprint density at radius 1 is 1.16 bits per heavy atom. The number of benzene rings is 2. The molecular formula is C18H14FNO4S. The van der Waals surface area contributed by atoms with E-state index in [9.17, 15) is 18.8 Å². The van der Waals surface area contributed by atoms with Crippen LogP contribution >= 0.6 is 11.8 Å². The number of halogens is 1. The van der Waals surface area contributed by atoms with Gasteiger partial charge in [-0.3, -0.25) is 19.7 Å². The van der Waals surface area contributed by atoms with Crippen molar-refractivity contribution in [3.63, 3.8) is 0 Å². The van der Waals surface area contributed by atoms with Crippen LogP contribution in [-0.2, 0) is 11.2 Å². The van der Waals surface area contributed by atoms with Crippen molar-refractivity contribution in [1.29, 1.82) is 0 Å². The van der Waals surface area contributed by atoms with Gasteiger partial charge in [-0.05, 0) is 36.2 Å². The van der Waals surface area contributed by atoms with Crippen LogP contribution in [-0.4, -0.2) is 28.8 Å². The maximum Gasteiger partial charge on any atom is 0.286 e. The average molecular weight is 359 g/mol. The fourth-order valence-corrected chi connectivity index (χ4v) is 3.22. The van der Waals surface area contributed by atoms with Crippen molar-refractivity contribution in [2.75, 3.05) is 6.61 Å². The van der Waals surface area contributed by atoms with Crippen LogP contribution in [0.5, 0.6) is 5.75 Å². The first-order chi connectivity index (χ1) is 12.0. The molecule has 1 fully saturated rings. The number of nitrogens with one attached hydrogen (secondary N) is 1. The zero-order chi connectivity index (χ0) is 17.8. The number of amides is 2. The van der Waals surface area contributed by atoms with Gasteiger partial charge in [-0.2, -0.15) is 0 Å². The Balaban J connectivity index is 1.55. The quantitative estimate of drug-likeness (QED) is 0.803. The molecule has 2 amide bonds. The Bertz CT molecular complexity index is 822. The SMILES string of the molecule is O=C1NC(=O)[C@@H](Cc2ccc(OCC(=O)c3cccc(F)c3)cc2)S1. The van der Waals surface area contributed by atoms with Crippen LogP contribution in [0.3, 0.4) is 0 Å². The monoisotopic (exact) mass is 359 g/mol. The molecule has 1 heterocycles. The average Bonchev–Trinajstić information content (AvgIpc) is 2.91. The number of Topliss-reactive ketones (excluding diaryl/α,β-unsaturated/α-hetero) is 1. The second kappa shape index (κ2) is 7.48. The smallest absolute Gasteiger partial charge is 0.286 e. The van der Waals surface area contributed by atoms with Gasteiger partial charge in [0, 0.05) is 5.56 Å². The molecule has 2 aromatic rings. The van der Waals surface area contributed by atoms with Gasteiger partial charge < -0.3 is 4.74 Å². The molecule has 0 aliphatic carbocycles. The standard InChI is InChI=1S/C18H14FNO4S/c19-13-3-1-2-12(9-13)15(21)10-24-14-6-4-11(5-7-14)8-16-17(22)20-18(23)25-16/h1-7,9,16H,8,10H2,(H,20,22,23)/t16-/m1/s1. The zero-order valence-electron chi connectivity index (χ0n) is 13.0. The number of carbonyl (C=O) groups excluding carboxylic acids is 3. The number of ketones is 1. The van der Waals surface area contributed by atoms with Crippen molar-refractivity contribution < 1.29 is 23.5 Å². The zero-order valence-corrected chi connectivity index (χ0v) is 13.8. The second-order valence-electron chi connectivity index (χ2n) is 5.45. The van der Waals surface area contributed by atoms with Gasteiger partial charge in [0.2, 0.25) is 5.91 Å². The summed E-state index contributed by atoms with van der Waals surface area (Å²) >= 11 is 0.980. The highest BCUT2D eigenvalue weighted by molar-refractivity contribution is 8.15. The van der Waals surface area contributed by atoms with Crippen LogP contribution < -0.4 is 10.1 Å². The van der Waals surface area contributed by atoms with Crippen molar-refractivity contribution in [2.45, 2.75) is 11.7 Å².